The van der Waals surface area contributed by atoms with Gasteiger partial charge in [0.2, 0.25) is 0 Å². The van der Waals surface area contributed by atoms with Gasteiger partial charge < -0.3 is 11.3 Å². The Morgan fingerprint density at radius 2 is 1.95 bits per heavy atom. The van der Waals surface area contributed by atoms with Gasteiger partial charge in [-0.15, -0.1) is 0 Å². The Bertz CT molecular complexity index is 458. The summed E-state index contributed by atoms with van der Waals surface area (Å²) >= 11 is 0. The van der Waals surface area contributed by atoms with Gasteiger partial charge in [0.1, 0.15) is 6.61 Å². The van der Waals surface area contributed by atoms with Gasteiger partial charge in [-0.1, -0.05) is 12.7 Å². The first kappa shape index (κ1) is 20.6. The van der Waals surface area contributed by atoms with E-state index in [4.69, 9.17) is 9.66 Å². The molecular weight excluding hydrogens is 287 g/mol. The second-order valence-corrected chi connectivity index (χ2v) is 4.86. The van der Waals surface area contributed by atoms with Crippen LogP contribution in [-0.2, 0) is 24.4 Å². The van der Waals surface area contributed by atoms with E-state index in [1.807, 2.05) is 0 Å². The Morgan fingerprint density at radius 3 is 2.37 bits per heavy atom. The maximum Gasteiger partial charge on any atom is 1.00 e. The Morgan fingerprint density at radius 1 is 1.37 bits per heavy atom. The van der Waals surface area contributed by atoms with Crippen LogP contribution < -0.4 is 29.6 Å². The molecule has 0 aliphatic carbocycles. The minimum atomic E-state index is -4.13. The van der Waals surface area contributed by atoms with Crippen LogP contribution in [0.3, 0.4) is 0 Å². The zero-order valence-corrected chi connectivity index (χ0v) is 13.4. The molecule has 19 heavy (non-hydrogen) atoms. The van der Waals surface area contributed by atoms with E-state index in [2.05, 4.69) is 11.3 Å². The summed E-state index contributed by atoms with van der Waals surface area (Å²) in [5, 5.41) is 8.55. The summed E-state index contributed by atoms with van der Waals surface area (Å²) in [6.45, 7) is 3.25. The summed E-state index contributed by atoms with van der Waals surface area (Å²) in [4.78, 5) is 21.9. The van der Waals surface area contributed by atoms with Crippen molar-refractivity contribution in [1.29, 1.82) is 0 Å². The maximum absolute atomic E-state index is 11.4. The van der Waals surface area contributed by atoms with Gasteiger partial charge in [-0.3, -0.25) is 4.55 Å². The fourth-order valence-electron chi connectivity index (χ4n) is 1.05. The topological polar surface area (TPSA) is 118 Å². The Balaban J connectivity index is -0.00000144. The number of aliphatic carboxylic acids is 1. The average Bonchev–Trinajstić information content (AvgIpc) is 2.22. The van der Waals surface area contributed by atoms with Crippen LogP contribution in [0.1, 0.15) is 14.3 Å². The predicted molar refractivity (Wildman–Crippen MR) is 63.6 cm³/mol. The fraction of sp³-hybridized carbons (Fsp3) is 0.400. The molecule has 0 spiro atoms. The second-order valence-electron chi connectivity index (χ2n) is 3.28. The Labute approximate surface area is 134 Å². The summed E-state index contributed by atoms with van der Waals surface area (Å²) in [5.74, 6) is -2.75. The van der Waals surface area contributed by atoms with Crippen molar-refractivity contribution in [3.63, 3.8) is 0 Å². The van der Waals surface area contributed by atoms with Crippen molar-refractivity contribution < 1.29 is 63.4 Å². The molecule has 0 rings (SSSR count). The molecule has 0 saturated carbocycles. The van der Waals surface area contributed by atoms with Crippen molar-refractivity contribution in [3.8, 4) is 0 Å². The molecule has 0 aromatic heterocycles. The van der Waals surface area contributed by atoms with Gasteiger partial charge in [-0.05, 0) is 12.8 Å². The number of carboxylic acid groups (broad SMARTS) is 1. The molecule has 0 saturated heterocycles. The van der Waals surface area contributed by atoms with Crippen LogP contribution in [0.15, 0.2) is 24.3 Å². The molecule has 0 atom stereocenters. The van der Waals surface area contributed by atoms with Crippen molar-refractivity contribution in [1.82, 2.24) is 0 Å². The standard InChI is InChI=1S/C10H14O7S.Na.H/c1-2-5-17-10(13)8(7-9(11)12)4-3-6-18(14,15)16;;/h2,7H,1,3-6H2,(H,11,12)(H,14,15,16);;/q;+1;-1/b8-7-;;. The number of rotatable bonds is 8. The van der Waals surface area contributed by atoms with Crippen LogP contribution >= 0.6 is 0 Å². The second kappa shape index (κ2) is 10.2. The maximum atomic E-state index is 11.4. The number of carbonyl (C=O) groups excluding carboxylic acids is 1. The van der Waals surface area contributed by atoms with Crippen LogP contribution in [-0.4, -0.2) is 42.4 Å². The van der Waals surface area contributed by atoms with Gasteiger partial charge in [-0.25, -0.2) is 9.59 Å². The van der Waals surface area contributed by atoms with E-state index < -0.39 is 27.8 Å². The number of ether oxygens (including phenoxy) is 1. The van der Waals surface area contributed by atoms with Crippen LogP contribution in [0, 0.1) is 0 Å². The zero-order valence-electron chi connectivity index (χ0n) is 11.5. The first-order chi connectivity index (χ1) is 8.26. The number of carbonyl (C=O) groups is 2. The molecule has 7 nitrogen and oxygen atoms in total. The van der Waals surface area contributed by atoms with Crippen LogP contribution in [0.25, 0.3) is 0 Å². The Kier molecular flexibility index (Phi) is 11.0. The molecule has 0 aromatic rings. The fourth-order valence-corrected chi connectivity index (χ4v) is 1.56. The smallest absolute Gasteiger partial charge is 1.00 e. The third-order valence-corrected chi connectivity index (χ3v) is 2.55. The first-order valence-corrected chi connectivity index (χ1v) is 6.54. The van der Waals surface area contributed by atoms with Crippen molar-refractivity contribution >= 4 is 22.1 Å². The van der Waals surface area contributed by atoms with E-state index in [0.717, 1.165) is 0 Å². The molecule has 0 unspecified atom stereocenters. The van der Waals surface area contributed by atoms with Gasteiger partial charge >= 0.3 is 41.5 Å². The molecule has 0 aromatic carbocycles. The monoisotopic (exact) mass is 302 g/mol. The Hall–Kier alpha value is -0.670. The third-order valence-electron chi connectivity index (χ3n) is 1.74. The van der Waals surface area contributed by atoms with E-state index in [1.54, 1.807) is 0 Å². The van der Waals surface area contributed by atoms with Gasteiger partial charge in [0, 0.05) is 11.6 Å². The molecule has 2 N–H and O–H groups in total. The molecule has 9 heteroatoms. The summed E-state index contributed by atoms with van der Waals surface area (Å²) in [6.07, 6.45) is 1.76. The number of hydrogen-bond donors (Lipinski definition) is 2. The predicted octanol–water partition coefficient (Wildman–Crippen LogP) is -2.49. The largest absolute Gasteiger partial charge is 1.00 e. The zero-order chi connectivity index (χ0) is 14.2. The van der Waals surface area contributed by atoms with Crippen LogP contribution in [0.5, 0.6) is 0 Å². The van der Waals surface area contributed by atoms with Gasteiger partial charge in [0.05, 0.1) is 5.75 Å². The normalized spacial score (nSPS) is 11.3. The van der Waals surface area contributed by atoms with E-state index in [0.29, 0.717) is 6.08 Å². The molecule has 0 fully saturated rings. The van der Waals surface area contributed by atoms with Gasteiger partial charge in [0.15, 0.2) is 0 Å². The molecular formula is C10H15NaO7S. The number of carboxylic acids is 1. The average molecular weight is 302 g/mol. The SMILES string of the molecule is C=CCOC(=O)/C(=C\C(=O)O)CCCS(=O)(=O)O.[H-].[Na+]. The van der Waals surface area contributed by atoms with E-state index in [9.17, 15) is 18.0 Å². The summed E-state index contributed by atoms with van der Waals surface area (Å²) in [6, 6.07) is 0. The molecule has 0 heterocycles. The molecule has 0 radical (unpaired) electrons. The van der Waals surface area contributed by atoms with Crippen molar-refractivity contribution in [2.75, 3.05) is 12.4 Å². The van der Waals surface area contributed by atoms with Crippen LogP contribution in [0.2, 0.25) is 0 Å². The van der Waals surface area contributed by atoms with Crippen molar-refractivity contribution in [3.05, 3.63) is 24.3 Å². The first-order valence-electron chi connectivity index (χ1n) is 4.93. The quantitative estimate of drug-likeness (QED) is 0.167. The van der Waals surface area contributed by atoms with E-state index in [1.165, 1.54) is 6.08 Å². The minimum absolute atomic E-state index is 0. The molecule has 0 aliphatic rings. The summed E-state index contributed by atoms with van der Waals surface area (Å²) in [7, 11) is -4.13. The summed E-state index contributed by atoms with van der Waals surface area (Å²) in [5.41, 5.74) is -0.173. The molecule has 0 bridgehead atoms. The van der Waals surface area contributed by atoms with Crippen LogP contribution in [0.4, 0.5) is 0 Å². The summed E-state index contributed by atoms with van der Waals surface area (Å²) < 4.78 is 34.1. The molecule has 0 aliphatic heterocycles. The van der Waals surface area contributed by atoms with E-state index >= 15 is 0 Å². The molecule has 104 valence electrons. The van der Waals surface area contributed by atoms with E-state index in [-0.39, 0.29) is 56.0 Å². The van der Waals surface area contributed by atoms with Gasteiger partial charge in [-0.2, -0.15) is 8.42 Å². The van der Waals surface area contributed by atoms with Gasteiger partial charge in [0.25, 0.3) is 10.1 Å². The minimum Gasteiger partial charge on any atom is -1.00 e. The number of esters is 1. The van der Waals surface area contributed by atoms with Crippen molar-refractivity contribution in [2.24, 2.45) is 0 Å². The molecule has 0 amide bonds. The van der Waals surface area contributed by atoms with Crippen molar-refractivity contribution in [2.45, 2.75) is 12.8 Å². The number of hydrogen-bond acceptors (Lipinski definition) is 5. The third kappa shape index (κ3) is 12.1.